The molecule has 27 aromatic rings. The normalized spacial score (nSPS) is 11.7. The summed E-state index contributed by atoms with van der Waals surface area (Å²) in [5.74, 6) is 0. The number of benzene rings is 19. The molecule has 0 aliphatic heterocycles. The molecule has 0 saturated heterocycles. The molecular weight excluding hydrogens is 1570 g/mol. The van der Waals surface area contributed by atoms with Crippen LogP contribution in [0, 0.1) is 0 Å². The summed E-state index contributed by atoms with van der Waals surface area (Å²) in [5, 5.41) is 22.6. The maximum atomic E-state index is 5.15. The molecule has 0 saturated carbocycles. The molecular formula is C120H75N9. The Bertz CT molecular complexity index is 9060. The van der Waals surface area contributed by atoms with Gasteiger partial charge in [0.2, 0.25) is 0 Å². The van der Waals surface area contributed by atoms with Gasteiger partial charge in [-0.15, -0.1) is 0 Å². The molecule has 0 amide bonds. The molecule has 0 unspecified atom stereocenters. The van der Waals surface area contributed by atoms with E-state index in [4.69, 9.17) is 29.9 Å². The van der Waals surface area contributed by atoms with Crippen molar-refractivity contribution in [3.63, 3.8) is 0 Å². The van der Waals surface area contributed by atoms with E-state index in [0.717, 1.165) is 132 Å². The molecule has 27 rings (SSSR count). The Kier molecular flexibility index (Phi) is 17.7. The van der Waals surface area contributed by atoms with Crippen LogP contribution in [-0.4, -0.2) is 39.0 Å². The maximum Gasteiger partial charge on any atom is 0.0993 e. The van der Waals surface area contributed by atoms with Crippen LogP contribution in [0.2, 0.25) is 0 Å². The zero-order valence-corrected chi connectivity index (χ0v) is 69.8. The molecule has 600 valence electrons. The van der Waals surface area contributed by atoms with Gasteiger partial charge in [0.25, 0.3) is 0 Å². The van der Waals surface area contributed by atoms with Crippen LogP contribution in [0.5, 0.6) is 0 Å². The van der Waals surface area contributed by atoms with Crippen molar-refractivity contribution in [3.8, 4) is 55.9 Å². The molecule has 0 bridgehead atoms. The van der Waals surface area contributed by atoms with Crippen LogP contribution < -0.4 is 4.90 Å². The zero-order chi connectivity index (χ0) is 85.0. The molecule has 0 fully saturated rings. The predicted molar refractivity (Wildman–Crippen MR) is 541 cm³/mol. The molecule has 8 aromatic heterocycles. The lowest BCUT2D eigenvalue weighted by atomic mass is 9.90. The predicted octanol–water partition coefficient (Wildman–Crippen LogP) is 31.6. The second-order valence-corrected chi connectivity index (χ2v) is 33.1. The number of rotatable bonds is 9. The first-order valence-corrected chi connectivity index (χ1v) is 43.8. The van der Waals surface area contributed by atoms with Crippen molar-refractivity contribution in [3.05, 3.63) is 455 Å². The van der Waals surface area contributed by atoms with Gasteiger partial charge in [0.05, 0.1) is 77.4 Å². The van der Waals surface area contributed by atoms with E-state index in [0.29, 0.717) is 0 Å². The fraction of sp³-hybridized carbons (Fsp3) is 0. The summed E-state index contributed by atoms with van der Waals surface area (Å²) in [6, 6.07) is 156. The maximum absolute atomic E-state index is 5.15. The fourth-order valence-electron chi connectivity index (χ4n) is 20.0. The number of hydrogen-bond acceptors (Lipinski definition) is 7. The molecule has 0 aliphatic rings. The van der Waals surface area contributed by atoms with Gasteiger partial charge < -0.3 is 14.0 Å². The van der Waals surface area contributed by atoms with E-state index in [2.05, 4.69) is 433 Å². The van der Waals surface area contributed by atoms with Gasteiger partial charge in [-0.3, -0.25) is 15.0 Å². The molecule has 0 atom stereocenters. The quantitative estimate of drug-likeness (QED) is 0.105. The highest BCUT2D eigenvalue weighted by molar-refractivity contribution is 6.28. The Morgan fingerprint density at radius 2 is 0.504 bits per heavy atom. The Morgan fingerprint density at radius 1 is 0.186 bits per heavy atom. The third kappa shape index (κ3) is 12.5. The van der Waals surface area contributed by atoms with Gasteiger partial charge in [-0.2, -0.15) is 0 Å². The minimum atomic E-state index is 0.901. The molecule has 9 nitrogen and oxygen atoms in total. The van der Waals surface area contributed by atoms with Gasteiger partial charge >= 0.3 is 0 Å². The van der Waals surface area contributed by atoms with Crippen LogP contribution in [0.1, 0.15) is 0 Å². The van der Waals surface area contributed by atoms with Crippen LogP contribution >= 0.6 is 0 Å². The van der Waals surface area contributed by atoms with E-state index in [9.17, 15) is 0 Å². The number of para-hydroxylation sites is 6. The molecule has 0 spiro atoms. The van der Waals surface area contributed by atoms with Gasteiger partial charge in [-0.1, -0.05) is 328 Å². The number of fused-ring (bicyclic) bond motifs is 25. The fourth-order valence-corrected chi connectivity index (χ4v) is 20.0. The van der Waals surface area contributed by atoms with Crippen molar-refractivity contribution in [2.75, 3.05) is 4.90 Å². The van der Waals surface area contributed by atoms with E-state index in [1.165, 1.54) is 115 Å². The van der Waals surface area contributed by atoms with Crippen LogP contribution in [0.15, 0.2) is 455 Å². The van der Waals surface area contributed by atoms with Gasteiger partial charge in [-0.05, 0) is 175 Å². The molecule has 0 radical (unpaired) electrons. The minimum Gasteiger partial charge on any atom is -0.309 e. The third-order valence-corrected chi connectivity index (χ3v) is 25.9. The monoisotopic (exact) mass is 1640 g/mol. The third-order valence-electron chi connectivity index (χ3n) is 25.9. The molecule has 19 aromatic carbocycles. The summed E-state index contributed by atoms with van der Waals surface area (Å²) in [6.07, 6.45) is 5.55. The molecule has 9 heteroatoms. The van der Waals surface area contributed by atoms with Gasteiger partial charge in [0.1, 0.15) is 0 Å². The lowest BCUT2D eigenvalue weighted by molar-refractivity contribution is 1.15. The van der Waals surface area contributed by atoms with Crippen molar-refractivity contribution in [1.29, 1.82) is 0 Å². The van der Waals surface area contributed by atoms with E-state index in [-0.39, 0.29) is 0 Å². The largest absolute Gasteiger partial charge is 0.309 e. The smallest absolute Gasteiger partial charge is 0.0993 e. The van der Waals surface area contributed by atoms with Gasteiger partial charge in [0.15, 0.2) is 0 Å². The van der Waals surface area contributed by atoms with Gasteiger partial charge in [0, 0.05) is 122 Å². The summed E-state index contributed by atoms with van der Waals surface area (Å²) < 4.78 is 4.89. The van der Waals surface area contributed by atoms with Crippen molar-refractivity contribution in [1.82, 2.24) is 39.0 Å². The van der Waals surface area contributed by atoms with Crippen LogP contribution in [-0.2, 0) is 0 Å². The topological polar surface area (TPSA) is 90.4 Å². The number of hydrogen-bond donors (Lipinski definition) is 0. The lowest BCUT2D eigenvalue weighted by Crippen LogP contribution is -2.11. The molecule has 0 N–H and O–H groups in total. The highest BCUT2D eigenvalue weighted by atomic mass is 15.1. The second kappa shape index (κ2) is 30.8. The molecule has 8 heterocycles. The zero-order valence-electron chi connectivity index (χ0n) is 69.8. The minimum absolute atomic E-state index is 0.901. The van der Waals surface area contributed by atoms with Crippen molar-refractivity contribution < 1.29 is 0 Å². The second-order valence-electron chi connectivity index (χ2n) is 33.1. The molecule has 0 aliphatic carbocycles. The summed E-state index contributed by atoms with van der Waals surface area (Å²) in [5.41, 5.74) is 28.3. The SMILES string of the molecule is c1ccc(-c2ccc(N(c3ccc(-c4ccccc4)cc3)c3c4ccccc4nc4c3ccc3cccnc34)cc2)cc1.c1ccc(-n2c3ccccc3c3ccc4c5ccccc5n(-c5ccc(-c6c7ccccc7nc7c6ccc6cccnc67)cc5)c4c32)cc1.c1cnc2c(c1)ccc1c(-c3ccc4c5ccccc5c5ccccc5c4c3)c3ccccc3nc12. The van der Waals surface area contributed by atoms with E-state index in [1.54, 1.807) is 0 Å². The molecule has 129 heavy (non-hydrogen) atoms. The van der Waals surface area contributed by atoms with Crippen molar-refractivity contribution in [2.45, 2.75) is 0 Å². The number of aromatic nitrogens is 8. The first-order chi connectivity index (χ1) is 64.0. The van der Waals surface area contributed by atoms with Crippen molar-refractivity contribution in [2.24, 2.45) is 0 Å². The summed E-state index contributed by atoms with van der Waals surface area (Å²) in [6.45, 7) is 0. The Balaban J connectivity index is 0.000000106. The first-order valence-electron chi connectivity index (χ1n) is 43.8. The number of pyridine rings is 6. The van der Waals surface area contributed by atoms with E-state index < -0.39 is 0 Å². The average Bonchev–Trinajstić information content (AvgIpc) is 1.67. The summed E-state index contributed by atoms with van der Waals surface area (Å²) in [4.78, 5) is 32.0. The standard InChI is InChI=1S/C46H28N4.C40H27N3.C34H20N2/c1-2-12-31(13-3-1)49-40-18-8-5-14-33(40)35-26-27-36-34-15-6-9-19-41(34)50(46(36)45(35)49)32-23-20-29(21-24-32)42-37-16-4-7-17-39(37)48-44-38(42)25-22-30-11-10-28-47-43(30)44;1-3-10-28(11-4-1)30-17-22-33(23-18-30)43(34-24-19-31(20-25-34)29-12-5-2-6-13-29)40-35-15-7-8-16-37(35)42-39-36(40)26-21-32-14-9-27-41-38(32)39;1-2-11-25-23(9-1)24-10-3-4-12-26(24)30-20-22(16-17-27(25)30)32-28-13-5-6-14-31(28)36-34-29(32)18-15-21-8-7-19-35-33(21)34/h1-28H;1-27H;1-20H. The summed E-state index contributed by atoms with van der Waals surface area (Å²) >= 11 is 0. The van der Waals surface area contributed by atoms with Crippen LogP contribution in [0.25, 0.3) is 230 Å². The lowest BCUT2D eigenvalue weighted by Gasteiger charge is -2.28. The van der Waals surface area contributed by atoms with Crippen LogP contribution in [0.3, 0.4) is 0 Å². The highest BCUT2D eigenvalue weighted by Gasteiger charge is 2.26. The number of nitrogens with zero attached hydrogens (tertiary/aromatic N) is 9. The Morgan fingerprint density at radius 3 is 0.969 bits per heavy atom. The van der Waals surface area contributed by atoms with Crippen molar-refractivity contribution >= 4 is 191 Å². The average molecular weight is 1640 g/mol. The Hall–Kier alpha value is -17.4. The van der Waals surface area contributed by atoms with E-state index >= 15 is 0 Å². The summed E-state index contributed by atoms with van der Waals surface area (Å²) in [7, 11) is 0. The first kappa shape index (κ1) is 74.2. The van der Waals surface area contributed by atoms with E-state index in [1.807, 2.05) is 36.8 Å². The Labute approximate surface area is 741 Å². The van der Waals surface area contributed by atoms with Crippen LogP contribution in [0.4, 0.5) is 17.1 Å². The van der Waals surface area contributed by atoms with Gasteiger partial charge in [-0.25, -0.2) is 15.0 Å². The number of anilines is 3. The highest BCUT2D eigenvalue weighted by Crippen LogP contribution is 2.49.